The van der Waals surface area contributed by atoms with Gasteiger partial charge in [-0.3, -0.25) is 4.99 Å². The minimum absolute atomic E-state index is 0. The Morgan fingerprint density at radius 1 is 1.04 bits per heavy atom. The van der Waals surface area contributed by atoms with E-state index in [1.54, 1.807) is 13.2 Å². The molecular weight excluding hydrogens is 469 g/mol. The van der Waals surface area contributed by atoms with Crippen molar-refractivity contribution >= 4 is 29.9 Å². The third-order valence-corrected chi connectivity index (χ3v) is 4.26. The molecular formula is C20H22IN5O2. The summed E-state index contributed by atoms with van der Waals surface area (Å²) < 4.78 is 12.6. The van der Waals surface area contributed by atoms with Crippen LogP contribution in [0.1, 0.15) is 11.1 Å². The Bertz CT molecular complexity index is 944. The quantitative estimate of drug-likeness (QED) is 0.326. The topological polar surface area (TPSA) is 72.7 Å². The van der Waals surface area contributed by atoms with Gasteiger partial charge in [0, 0.05) is 32.5 Å². The molecule has 1 aliphatic rings. The zero-order valence-electron chi connectivity index (χ0n) is 15.5. The van der Waals surface area contributed by atoms with Crippen molar-refractivity contribution in [3.05, 3.63) is 72.1 Å². The van der Waals surface area contributed by atoms with Crippen LogP contribution in [-0.4, -0.2) is 29.6 Å². The number of aliphatic imine (C=N–C) groups is 1. The van der Waals surface area contributed by atoms with E-state index in [9.17, 15) is 0 Å². The maximum absolute atomic E-state index is 5.42. The summed E-state index contributed by atoms with van der Waals surface area (Å²) in [4.78, 5) is 4.28. The first-order valence-electron chi connectivity index (χ1n) is 8.74. The normalized spacial score (nSPS) is 12.4. The minimum Gasteiger partial charge on any atom is -0.454 e. The van der Waals surface area contributed by atoms with E-state index in [-0.39, 0.29) is 30.8 Å². The first kappa shape index (κ1) is 20.0. The van der Waals surface area contributed by atoms with E-state index in [0.717, 1.165) is 34.3 Å². The number of benzene rings is 2. The predicted octanol–water partition coefficient (Wildman–Crippen LogP) is 3.08. The number of aromatic nitrogens is 2. The van der Waals surface area contributed by atoms with Gasteiger partial charge in [-0.25, -0.2) is 4.68 Å². The van der Waals surface area contributed by atoms with Crippen molar-refractivity contribution in [3.63, 3.8) is 0 Å². The molecule has 0 spiro atoms. The summed E-state index contributed by atoms with van der Waals surface area (Å²) in [7, 11) is 1.76. The number of fused-ring (bicyclic) bond motifs is 1. The Balaban J connectivity index is 0.00000225. The molecule has 28 heavy (non-hydrogen) atoms. The monoisotopic (exact) mass is 491 g/mol. The fraction of sp³-hybridized carbons (Fsp3) is 0.200. The molecule has 0 atom stereocenters. The van der Waals surface area contributed by atoms with Crippen LogP contribution >= 0.6 is 24.0 Å². The lowest BCUT2D eigenvalue weighted by Gasteiger charge is -2.13. The third-order valence-electron chi connectivity index (χ3n) is 4.26. The molecule has 1 aliphatic heterocycles. The summed E-state index contributed by atoms with van der Waals surface area (Å²) in [6.45, 7) is 1.59. The van der Waals surface area contributed by atoms with Crippen LogP contribution in [0.4, 0.5) is 0 Å². The van der Waals surface area contributed by atoms with Gasteiger partial charge in [0.05, 0.1) is 5.69 Å². The van der Waals surface area contributed by atoms with Gasteiger partial charge in [-0.15, -0.1) is 24.0 Å². The Kier molecular flexibility index (Phi) is 6.75. The van der Waals surface area contributed by atoms with Gasteiger partial charge in [0.25, 0.3) is 0 Å². The first-order valence-corrected chi connectivity index (χ1v) is 8.74. The number of ether oxygens (including phenoxy) is 2. The van der Waals surface area contributed by atoms with E-state index in [1.807, 2.05) is 47.3 Å². The Morgan fingerprint density at radius 2 is 1.82 bits per heavy atom. The van der Waals surface area contributed by atoms with Gasteiger partial charge in [0.15, 0.2) is 17.5 Å². The molecule has 3 aromatic rings. The fourth-order valence-electron chi connectivity index (χ4n) is 2.87. The maximum Gasteiger partial charge on any atom is 0.231 e. The van der Waals surface area contributed by atoms with Gasteiger partial charge in [0.2, 0.25) is 6.79 Å². The maximum atomic E-state index is 5.42. The molecule has 2 aromatic carbocycles. The number of rotatable bonds is 5. The summed E-state index contributed by atoms with van der Waals surface area (Å²) in [5.41, 5.74) is 3.28. The van der Waals surface area contributed by atoms with E-state index in [0.29, 0.717) is 13.1 Å². The Hall–Kier alpha value is -2.75. The molecule has 2 N–H and O–H groups in total. The lowest BCUT2D eigenvalue weighted by molar-refractivity contribution is 0.174. The number of nitrogens with zero attached hydrogens (tertiary/aromatic N) is 3. The largest absolute Gasteiger partial charge is 0.454 e. The molecule has 0 aliphatic carbocycles. The van der Waals surface area contributed by atoms with E-state index in [1.165, 1.54) is 0 Å². The molecule has 0 amide bonds. The standard InChI is InChI=1S/C20H21N5O2.HI/c1-21-20(23-13-16-6-7-18-19(11-16)27-14-26-18)22-12-15-4-2-5-17(10-15)25-9-3-8-24-25;/h2-11H,12-14H2,1H3,(H2,21,22,23);1H. The van der Waals surface area contributed by atoms with Crippen molar-refractivity contribution in [2.45, 2.75) is 13.1 Å². The van der Waals surface area contributed by atoms with Crippen molar-refractivity contribution in [3.8, 4) is 17.2 Å². The van der Waals surface area contributed by atoms with E-state index in [4.69, 9.17) is 9.47 Å². The molecule has 2 heterocycles. The summed E-state index contributed by atoms with van der Waals surface area (Å²) in [6.07, 6.45) is 3.70. The first-order chi connectivity index (χ1) is 13.3. The smallest absolute Gasteiger partial charge is 0.231 e. The molecule has 8 heteroatoms. The molecule has 7 nitrogen and oxygen atoms in total. The number of halogens is 1. The number of guanidine groups is 1. The van der Waals surface area contributed by atoms with Crippen LogP contribution in [0.5, 0.6) is 11.5 Å². The lowest BCUT2D eigenvalue weighted by Crippen LogP contribution is -2.36. The summed E-state index contributed by atoms with van der Waals surface area (Å²) in [6, 6.07) is 16.1. The zero-order valence-corrected chi connectivity index (χ0v) is 17.8. The van der Waals surface area contributed by atoms with Crippen LogP contribution in [-0.2, 0) is 13.1 Å². The highest BCUT2D eigenvalue weighted by molar-refractivity contribution is 14.0. The van der Waals surface area contributed by atoms with Gasteiger partial charge in [-0.05, 0) is 41.5 Å². The van der Waals surface area contributed by atoms with Crippen LogP contribution in [0.2, 0.25) is 0 Å². The second-order valence-corrected chi connectivity index (χ2v) is 6.09. The molecule has 4 rings (SSSR count). The highest BCUT2D eigenvalue weighted by atomic mass is 127. The van der Waals surface area contributed by atoms with Crippen LogP contribution in [0.15, 0.2) is 65.9 Å². The molecule has 0 unspecified atom stereocenters. The number of hydrogen-bond acceptors (Lipinski definition) is 4. The van der Waals surface area contributed by atoms with Crippen LogP contribution in [0.25, 0.3) is 5.69 Å². The van der Waals surface area contributed by atoms with Crippen LogP contribution < -0.4 is 20.1 Å². The van der Waals surface area contributed by atoms with Gasteiger partial charge in [-0.1, -0.05) is 18.2 Å². The molecule has 146 valence electrons. The SMILES string of the molecule is CN=C(NCc1cccc(-n2cccn2)c1)NCc1ccc2c(c1)OCO2.I. The average molecular weight is 491 g/mol. The zero-order chi connectivity index (χ0) is 18.5. The summed E-state index contributed by atoms with van der Waals surface area (Å²) >= 11 is 0. The molecule has 0 saturated heterocycles. The number of nitrogens with one attached hydrogen (secondary N) is 2. The Labute approximate surface area is 180 Å². The molecule has 0 bridgehead atoms. The second-order valence-electron chi connectivity index (χ2n) is 6.09. The van der Waals surface area contributed by atoms with E-state index in [2.05, 4.69) is 32.9 Å². The molecule has 0 fully saturated rings. The van der Waals surface area contributed by atoms with Crippen molar-refractivity contribution in [1.29, 1.82) is 0 Å². The number of hydrogen-bond donors (Lipinski definition) is 2. The minimum atomic E-state index is 0. The van der Waals surface area contributed by atoms with Crippen LogP contribution in [0.3, 0.4) is 0 Å². The van der Waals surface area contributed by atoms with Crippen molar-refractivity contribution in [2.75, 3.05) is 13.8 Å². The molecule has 1 aromatic heterocycles. The fourth-order valence-corrected chi connectivity index (χ4v) is 2.87. The van der Waals surface area contributed by atoms with Gasteiger partial charge in [-0.2, -0.15) is 5.10 Å². The van der Waals surface area contributed by atoms with Gasteiger partial charge < -0.3 is 20.1 Å². The highest BCUT2D eigenvalue weighted by Crippen LogP contribution is 2.32. The van der Waals surface area contributed by atoms with E-state index < -0.39 is 0 Å². The van der Waals surface area contributed by atoms with Gasteiger partial charge in [0.1, 0.15) is 0 Å². The predicted molar refractivity (Wildman–Crippen MR) is 119 cm³/mol. The third kappa shape index (κ3) is 4.75. The average Bonchev–Trinajstić information content (AvgIpc) is 3.40. The highest BCUT2D eigenvalue weighted by Gasteiger charge is 2.13. The van der Waals surface area contributed by atoms with Crippen molar-refractivity contribution < 1.29 is 9.47 Å². The van der Waals surface area contributed by atoms with Crippen molar-refractivity contribution in [1.82, 2.24) is 20.4 Å². The summed E-state index contributed by atoms with van der Waals surface area (Å²) in [5, 5.41) is 10.9. The molecule has 0 radical (unpaired) electrons. The van der Waals surface area contributed by atoms with Crippen molar-refractivity contribution in [2.24, 2.45) is 4.99 Å². The van der Waals surface area contributed by atoms with Crippen LogP contribution in [0, 0.1) is 0 Å². The summed E-state index contributed by atoms with van der Waals surface area (Å²) in [5.74, 6) is 2.31. The van der Waals surface area contributed by atoms with E-state index >= 15 is 0 Å². The lowest BCUT2D eigenvalue weighted by atomic mass is 10.2. The Morgan fingerprint density at radius 3 is 2.57 bits per heavy atom. The van der Waals surface area contributed by atoms with Gasteiger partial charge >= 0.3 is 0 Å². The second kappa shape index (κ2) is 9.45. The molecule has 0 saturated carbocycles.